The monoisotopic (exact) mass is 324 g/mol. The molecule has 0 atom stereocenters. The number of hydrogen-bond donors (Lipinski definition) is 0. The second-order valence-corrected chi connectivity index (χ2v) is 5.77. The van der Waals surface area contributed by atoms with E-state index in [1.165, 1.54) is 11.6 Å². The van der Waals surface area contributed by atoms with Crippen LogP contribution >= 0.6 is 0 Å². The molecule has 24 heavy (non-hydrogen) atoms. The number of nitrogens with zero attached hydrogens (tertiary/aromatic N) is 4. The lowest BCUT2D eigenvalue weighted by atomic mass is 10.1. The third-order valence-corrected chi connectivity index (χ3v) is 4.28. The molecule has 0 amide bonds. The average molecular weight is 324 g/mol. The summed E-state index contributed by atoms with van der Waals surface area (Å²) in [5.41, 5.74) is 2.38. The molecule has 6 heteroatoms. The van der Waals surface area contributed by atoms with Crippen molar-refractivity contribution in [3.05, 3.63) is 62.9 Å². The van der Waals surface area contributed by atoms with Crippen LogP contribution in [0.2, 0.25) is 0 Å². The number of fused-ring (bicyclic) bond motifs is 1. The molecular weight excluding hydrogens is 304 g/mol. The summed E-state index contributed by atoms with van der Waals surface area (Å²) in [4.78, 5) is 31.4. The Hall–Kier alpha value is -2.89. The van der Waals surface area contributed by atoms with Gasteiger partial charge in [-0.15, -0.1) is 0 Å². The minimum absolute atomic E-state index is 0.325. The van der Waals surface area contributed by atoms with Gasteiger partial charge in [0, 0.05) is 32.5 Å². The lowest BCUT2D eigenvalue weighted by Gasteiger charge is -2.26. The molecule has 0 bridgehead atoms. The van der Waals surface area contributed by atoms with Crippen molar-refractivity contribution in [3.63, 3.8) is 0 Å². The molecule has 2 aromatic heterocycles. The minimum Gasteiger partial charge on any atom is -0.341 e. The van der Waals surface area contributed by atoms with E-state index in [1.54, 1.807) is 13.2 Å². The van der Waals surface area contributed by atoms with Gasteiger partial charge in [0.15, 0.2) is 5.65 Å². The fourth-order valence-electron chi connectivity index (χ4n) is 3.03. The van der Waals surface area contributed by atoms with Crippen LogP contribution < -0.4 is 16.1 Å². The Bertz CT molecular complexity index is 1020. The van der Waals surface area contributed by atoms with Crippen LogP contribution in [0.1, 0.15) is 12.5 Å². The summed E-state index contributed by atoms with van der Waals surface area (Å²) >= 11 is 0. The largest absolute Gasteiger partial charge is 0.341 e. The number of anilines is 2. The number of hydrogen-bond acceptors (Lipinski definition) is 4. The minimum atomic E-state index is -0.377. The number of aromatic nitrogens is 3. The van der Waals surface area contributed by atoms with Crippen molar-refractivity contribution in [3.8, 4) is 0 Å². The van der Waals surface area contributed by atoms with Crippen LogP contribution in [0.15, 0.2) is 46.1 Å². The Balaban J connectivity index is 2.46. The van der Waals surface area contributed by atoms with Crippen molar-refractivity contribution in [1.82, 2.24) is 14.1 Å². The van der Waals surface area contributed by atoms with Crippen LogP contribution in [0, 0.1) is 6.92 Å². The van der Waals surface area contributed by atoms with Gasteiger partial charge in [0.25, 0.3) is 5.56 Å². The van der Waals surface area contributed by atoms with E-state index in [0.29, 0.717) is 17.6 Å². The van der Waals surface area contributed by atoms with Crippen molar-refractivity contribution in [1.29, 1.82) is 0 Å². The summed E-state index contributed by atoms with van der Waals surface area (Å²) in [6.45, 7) is 4.65. The summed E-state index contributed by atoms with van der Waals surface area (Å²) in [5.74, 6) is 0. The first kappa shape index (κ1) is 16.0. The maximum atomic E-state index is 12.8. The Morgan fingerprint density at radius 2 is 1.75 bits per heavy atom. The van der Waals surface area contributed by atoms with Gasteiger partial charge in [0.1, 0.15) is 5.39 Å². The van der Waals surface area contributed by atoms with Crippen LogP contribution in [0.4, 0.5) is 11.4 Å². The zero-order valence-corrected chi connectivity index (χ0v) is 14.3. The smallest absolute Gasteiger partial charge is 0.332 e. The SMILES string of the molecule is CCN(c1ccccc1)c1c(C)cnc2c1c(=O)n(C)c(=O)n2C. The molecule has 0 saturated heterocycles. The van der Waals surface area contributed by atoms with E-state index in [-0.39, 0.29) is 11.2 Å². The standard InChI is InChI=1S/C18H20N4O2/c1-5-22(13-9-7-6-8-10-13)15-12(2)11-19-16-14(15)17(23)21(4)18(24)20(16)3/h6-11H,5H2,1-4H3. The molecule has 0 aliphatic rings. The van der Waals surface area contributed by atoms with Gasteiger partial charge >= 0.3 is 5.69 Å². The lowest BCUT2D eigenvalue weighted by Crippen LogP contribution is -2.38. The molecule has 124 valence electrons. The zero-order chi connectivity index (χ0) is 17.4. The van der Waals surface area contributed by atoms with Gasteiger partial charge in [0.05, 0.1) is 5.69 Å². The van der Waals surface area contributed by atoms with E-state index in [0.717, 1.165) is 21.5 Å². The number of benzene rings is 1. The second-order valence-electron chi connectivity index (χ2n) is 5.77. The van der Waals surface area contributed by atoms with Crippen molar-refractivity contribution >= 4 is 22.4 Å². The average Bonchev–Trinajstić information content (AvgIpc) is 2.61. The number of aryl methyl sites for hydroxylation is 2. The third kappa shape index (κ3) is 2.31. The van der Waals surface area contributed by atoms with Gasteiger partial charge in [-0.05, 0) is 31.5 Å². The van der Waals surface area contributed by atoms with Gasteiger partial charge in [0.2, 0.25) is 0 Å². The Morgan fingerprint density at radius 3 is 2.38 bits per heavy atom. The Kier molecular flexibility index (Phi) is 3.97. The molecular formula is C18H20N4O2. The molecule has 0 N–H and O–H groups in total. The van der Waals surface area contributed by atoms with Crippen molar-refractivity contribution in [2.24, 2.45) is 14.1 Å². The highest BCUT2D eigenvalue weighted by molar-refractivity contribution is 5.93. The predicted octanol–water partition coefficient (Wildman–Crippen LogP) is 2.10. The molecule has 0 saturated carbocycles. The van der Waals surface area contributed by atoms with Crippen LogP contribution in [0.25, 0.3) is 11.0 Å². The van der Waals surface area contributed by atoms with Gasteiger partial charge in [-0.1, -0.05) is 18.2 Å². The van der Waals surface area contributed by atoms with Gasteiger partial charge in [-0.25, -0.2) is 9.78 Å². The van der Waals surface area contributed by atoms with Crippen LogP contribution in [0.5, 0.6) is 0 Å². The molecule has 6 nitrogen and oxygen atoms in total. The Morgan fingerprint density at radius 1 is 1.08 bits per heavy atom. The predicted molar refractivity (Wildman–Crippen MR) is 96.1 cm³/mol. The van der Waals surface area contributed by atoms with E-state index in [9.17, 15) is 9.59 Å². The first-order valence-corrected chi connectivity index (χ1v) is 7.85. The molecule has 2 heterocycles. The molecule has 0 unspecified atom stereocenters. The van der Waals surface area contributed by atoms with Crippen molar-refractivity contribution in [2.75, 3.05) is 11.4 Å². The van der Waals surface area contributed by atoms with Gasteiger partial charge < -0.3 is 4.90 Å². The van der Waals surface area contributed by atoms with Crippen molar-refractivity contribution < 1.29 is 0 Å². The molecule has 1 aromatic carbocycles. The fourth-order valence-corrected chi connectivity index (χ4v) is 3.03. The molecule has 0 fully saturated rings. The van der Waals surface area contributed by atoms with Crippen LogP contribution in [-0.2, 0) is 14.1 Å². The van der Waals surface area contributed by atoms with Crippen molar-refractivity contribution in [2.45, 2.75) is 13.8 Å². The van der Waals surface area contributed by atoms with Crippen LogP contribution in [-0.4, -0.2) is 20.7 Å². The number of para-hydroxylation sites is 1. The quantitative estimate of drug-likeness (QED) is 0.740. The van der Waals surface area contributed by atoms with E-state index >= 15 is 0 Å². The molecule has 3 aromatic rings. The third-order valence-electron chi connectivity index (χ3n) is 4.28. The number of rotatable bonds is 3. The normalized spacial score (nSPS) is 11.0. The highest BCUT2D eigenvalue weighted by atomic mass is 16.2. The second kappa shape index (κ2) is 5.96. The molecule has 0 spiro atoms. The Labute approximate surface area is 139 Å². The molecule has 3 rings (SSSR count). The fraction of sp³-hybridized carbons (Fsp3) is 0.278. The lowest BCUT2D eigenvalue weighted by molar-refractivity contribution is 0.707. The first-order valence-electron chi connectivity index (χ1n) is 7.85. The summed E-state index contributed by atoms with van der Waals surface area (Å²) in [5, 5.41) is 0.463. The summed E-state index contributed by atoms with van der Waals surface area (Å²) in [6, 6.07) is 9.88. The molecule has 0 radical (unpaired) electrons. The van der Waals surface area contributed by atoms with Crippen LogP contribution in [0.3, 0.4) is 0 Å². The topological polar surface area (TPSA) is 60.1 Å². The summed E-state index contributed by atoms with van der Waals surface area (Å²) < 4.78 is 2.55. The molecule has 0 aliphatic carbocycles. The van der Waals surface area contributed by atoms with E-state index in [1.807, 2.05) is 44.2 Å². The zero-order valence-electron chi connectivity index (χ0n) is 14.3. The van der Waals surface area contributed by atoms with E-state index < -0.39 is 0 Å². The highest BCUT2D eigenvalue weighted by Crippen LogP contribution is 2.31. The summed E-state index contributed by atoms with van der Waals surface area (Å²) in [7, 11) is 3.13. The highest BCUT2D eigenvalue weighted by Gasteiger charge is 2.20. The van der Waals surface area contributed by atoms with Gasteiger partial charge in [-0.3, -0.25) is 13.9 Å². The van der Waals surface area contributed by atoms with Gasteiger partial charge in [-0.2, -0.15) is 0 Å². The summed E-state index contributed by atoms with van der Waals surface area (Å²) in [6.07, 6.45) is 1.71. The number of pyridine rings is 1. The van der Waals surface area contributed by atoms with E-state index in [2.05, 4.69) is 9.88 Å². The molecule has 0 aliphatic heterocycles. The van der Waals surface area contributed by atoms with E-state index in [4.69, 9.17) is 0 Å². The maximum Gasteiger partial charge on any atom is 0.332 e. The first-order chi connectivity index (χ1) is 11.5. The maximum absolute atomic E-state index is 12.8.